The lowest BCUT2D eigenvalue weighted by Gasteiger charge is -2.27. The van der Waals surface area contributed by atoms with Crippen LogP contribution in [0, 0.1) is 0 Å². The van der Waals surface area contributed by atoms with E-state index in [9.17, 15) is 24.2 Å². The SMILES string of the molecule is C[C@]1(O)[C@H](n2ccc(=O)[nH]c2=O)O[C@](F)(CI)[C@H]1O. The summed E-state index contributed by atoms with van der Waals surface area (Å²) in [6.07, 6.45) is -2.18. The van der Waals surface area contributed by atoms with Crippen molar-refractivity contribution in [2.24, 2.45) is 0 Å². The van der Waals surface area contributed by atoms with E-state index < -0.39 is 35.0 Å². The average Bonchev–Trinajstić information content (AvgIpc) is 2.51. The smallest absolute Gasteiger partial charge is 0.330 e. The second kappa shape index (κ2) is 4.65. The Bertz CT molecular complexity index is 600. The van der Waals surface area contributed by atoms with Crippen LogP contribution in [0.3, 0.4) is 0 Å². The molecule has 2 heterocycles. The van der Waals surface area contributed by atoms with E-state index in [2.05, 4.69) is 0 Å². The van der Waals surface area contributed by atoms with Gasteiger partial charge in [0.1, 0.15) is 11.7 Å². The number of nitrogens with one attached hydrogen (secondary N) is 1. The third kappa shape index (κ3) is 2.24. The van der Waals surface area contributed by atoms with E-state index in [-0.39, 0.29) is 4.43 Å². The third-order valence-electron chi connectivity index (χ3n) is 3.06. The quantitative estimate of drug-likeness (QED) is 0.460. The van der Waals surface area contributed by atoms with E-state index in [4.69, 9.17) is 4.74 Å². The number of aliphatic hydroxyl groups is 2. The molecule has 0 amide bonds. The van der Waals surface area contributed by atoms with Gasteiger partial charge in [-0.3, -0.25) is 14.3 Å². The molecule has 1 aromatic rings. The van der Waals surface area contributed by atoms with Gasteiger partial charge in [-0.1, -0.05) is 22.6 Å². The number of aromatic amines is 1. The minimum Gasteiger partial charge on any atom is -0.384 e. The Labute approximate surface area is 120 Å². The van der Waals surface area contributed by atoms with Crippen molar-refractivity contribution >= 4 is 22.6 Å². The minimum absolute atomic E-state index is 0.226. The van der Waals surface area contributed by atoms with Crippen LogP contribution in [-0.4, -0.2) is 41.8 Å². The highest BCUT2D eigenvalue weighted by Crippen LogP contribution is 2.45. The molecule has 7 nitrogen and oxygen atoms in total. The van der Waals surface area contributed by atoms with E-state index in [0.717, 1.165) is 23.8 Å². The van der Waals surface area contributed by atoms with Crippen molar-refractivity contribution in [2.75, 3.05) is 4.43 Å². The second-order valence-corrected chi connectivity index (χ2v) is 5.30. The van der Waals surface area contributed by atoms with Gasteiger partial charge in [0.05, 0.1) is 4.43 Å². The maximum absolute atomic E-state index is 14.3. The van der Waals surface area contributed by atoms with Gasteiger partial charge >= 0.3 is 5.69 Å². The summed E-state index contributed by atoms with van der Waals surface area (Å²) in [4.78, 5) is 24.6. The molecule has 1 aromatic heterocycles. The van der Waals surface area contributed by atoms with Crippen LogP contribution in [-0.2, 0) is 4.74 Å². The lowest BCUT2D eigenvalue weighted by molar-refractivity contribution is -0.169. The van der Waals surface area contributed by atoms with Gasteiger partial charge in [-0.15, -0.1) is 0 Å². The highest BCUT2D eigenvalue weighted by molar-refractivity contribution is 14.1. The summed E-state index contributed by atoms with van der Waals surface area (Å²) in [7, 11) is 0. The molecule has 0 bridgehead atoms. The van der Waals surface area contributed by atoms with E-state index in [0.29, 0.717) is 0 Å². The Balaban J connectivity index is 2.51. The van der Waals surface area contributed by atoms with Crippen molar-refractivity contribution in [1.82, 2.24) is 9.55 Å². The Morgan fingerprint density at radius 1 is 1.63 bits per heavy atom. The molecule has 0 aromatic carbocycles. The fourth-order valence-corrected chi connectivity index (χ4v) is 2.59. The zero-order valence-corrected chi connectivity index (χ0v) is 12.0. The van der Waals surface area contributed by atoms with Gasteiger partial charge in [0.2, 0.25) is 5.85 Å². The molecule has 3 N–H and O–H groups in total. The first-order chi connectivity index (χ1) is 8.72. The van der Waals surface area contributed by atoms with Crippen LogP contribution in [0.5, 0.6) is 0 Å². The predicted molar refractivity (Wildman–Crippen MR) is 70.8 cm³/mol. The first-order valence-corrected chi connectivity index (χ1v) is 6.89. The number of hydrogen-bond donors (Lipinski definition) is 3. The molecule has 0 radical (unpaired) electrons. The zero-order chi connectivity index (χ0) is 14.4. The van der Waals surface area contributed by atoms with Gasteiger partial charge in [-0.2, -0.15) is 0 Å². The Morgan fingerprint density at radius 2 is 2.26 bits per heavy atom. The van der Waals surface area contributed by atoms with Gasteiger partial charge in [-0.25, -0.2) is 9.18 Å². The van der Waals surface area contributed by atoms with Crippen molar-refractivity contribution in [3.8, 4) is 0 Å². The van der Waals surface area contributed by atoms with Crippen LogP contribution in [0.15, 0.2) is 21.9 Å². The molecule has 1 aliphatic heterocycles. The van der Waals surface area contributed by atoms with Crippen molar-refractivity contribution in [3.63, 3.8) is 0 Å². The van der Waals surface area contributed by atoms with Crippen LogP contribution < -0.4 is 11.2 Å². The second-order valence-electron chi connectivity index (χ2n) is 4.54. The number of alkyl halides is 2. The lowest BCUT2D eigenvalue weighted by atomic mass is 9.96. The van der Waals surface area contributed by atoms with Crippen molar-refractivity contribution < 1.29 is 19.3 Å². The largest absolute Gasteiger partial charge is 0.384 e. The molecule has 0 saturated carbocycles. The summed E-state index contributed by atoms with van der Waals surface area (Å²) in [5.74, 6) is -2.47. The summed E-state index contributed by atoms with van der Waals surface area (Å²) in [5, 5.41) is 20.0. The number of halogens is 2. The molecular weight excluding hydrogens is 374 g/mol. The fourth-order valence-electron chi connectivity index (χ4n) is 2.00. The number of hydrogen-bond acceptors (Lipinski definition) is 5. The fraction of sp³-hybridized carbons (Fsp3) is 0.600. The molecule has 9 heteroatoms. The van der Waals surface area contributed by atoms with E-state index in [1.807, 2.05) is 4.98 Å². The first kappa shape index (κ1) is 14.6. The molecule has 19 heavy (non-hydrogen) atoms. The summed E-state index contributed by atoms with van der Waals surface area (Å²) < 4.78 is 19.9. The first-order valence-electron chi connectivity index (χ1n) is 5.37. The van der Waals surface area contributed by atoms with Gasteiger partial charge in [0.15, 0.2) is 6.23 Å². The molecule has 1 aliphatic rings. The predicted octanol–water partition coefficient (Wildman–Crippen LogP) is -0.722. The molecule has 0 spiro atoms. The van der Waals surface area contributed by atoms with Gasteiger partial charge in [0.25, 0.3) is 5.56 Å². The van der Waals surface area contributed by atoms with Crippen LogP contribution in [0.2, 0.25) is 0 Å². The van der Waals surface area contributed by atoms with E-state index in [1.54, 1.807) is 22.6 Å². The van der Waals surface area contributed by atoms with E-state index >= 15 is 0 Å². The molecule has 106 valence electrons. The molecule has 1 saturated heterocycles. The minimum atomic E-state index is -2.47. The maximum Gasteiger partial charge on any atom is 0.330 e. The van der Waals surface area contributed by atoms with Crippen LogP contribution in [0.25, 0.3) is 0 Å². The molecular formula is C10H12FIN2O5. The maximum atomic E-state index is 14.3. The number of nitrogens with zero attached hydrogens (tertiary/aromatic N) is 1. The molecule has 4 atom stereocenters. The van der Waals surface area contributed by atoms with Crippen molar-refractivity contribution in [1.29, 1.82) is 0 Å². The summed E-state index contributed by atoms with van der Waals surface area (Å²) in [6.45, 7) is 1.16. The molecule has 0 unspecified atom stereocenters. The monoisotopic (exact) mass is 386 g/mol. The van der Waals surface area contributed by atoms with Crippen molar-refractivity contribution in [3.05, 3.63) is 33.1 Å². The Morgan fingerprint density at radius 3 is 2.74 bits per heavy atom. The Kier molecular flexibility index (Phi) is 3.58. The summed E-state index contributed by atoms with van der Waals surface area (Å²) in [5.41, 5.74) is -3.50. The van der Waals surface area contributed by atoms with Gasteiger partial charge < -0.3 is 14.9 Å². The number of ether oxygens (including phenoxy) is 1. The van der Waals surface area contributed by atoms with Gasteiger partial charge in [-0.05, 0) is 6.92 Å². The number of H-pyrrole nitrogens is 1. The number of aromatic nitrogens is 2. The Hall–Kier alpha value is -0.780. The summed E-state index contributed by atoms with van der Waals surface area (Å²) >= 11 is 1.67. The van der Waals surface area contributed by atoms with Gasteiger partial charge in [0, 0.05) is 12.3 Å². The highest BCUT2D eigenvalue weighted by Gasteiger charge is 2.62. The highest BCUT2D eigenvalue weighted by atomic mass is 127. The number of rotatable bonds is 2. The normalized spacial score (nSPS) is 38.6. The zero-order valence-electron chi connectivity index (χ0n) is 9.84. The molecule has 0 aliphatic carbocycles. The standard InChI is InChI=1S/C10H12FIN2O5/c1-9(18)6(16)10(11,4-12)19-7(9)14-3-2-5(15)13-8(14)17/h2-3,6-7,16,18H,4H2,1H3,(H,13,15,17)/t6-,7+,9+,10+/m0/s1. The summed E-state index contributed by atoms with van der Waals surface area (Å²) in [6, 6.07) is 1.04. The average molecular weight is 386 g/mol. The molecule has 1 fully saturated rings. The topological polar surface area (TPSA) is 105 Å². The van der Waals surface area contributed by atoms with Crippen LogP contribution >= 0.6 is 22.6 Å². The number of aliphatic hydroxyl groups excluding tert-OH is 1. The molecule has 2 rings (SSSR count). The van der Waals surface area contributed by atoms with Crippen LogP contribution in [0.1, 0.15) is 13.2 Å². The van der Waals surface area contributed by atoms with Crippen molar-refractivity contribution in [2.45, 2.75) is 30.7 Å². The van der Waals surface area contributed by atoms with E-state index in [1.165, 1.54) is 0 Å². The lowest BCUT2D eigenvalue weighted by Crippen LogP contribution is -2.49. The van der Waals surface area contributed by atoms with Crippen LogP contribution in [0.4, 0.5) is 4.39 Å². The third-order valence-corrected chi connectivity index (χ3v) is 4.10.